The first-order chi connectivity index (χ1) is 8.36. The van der Waals surface area contributed by atoms with Crippen molar-refractivity contribution >= 4 is 11.4 Å². The van der Waals surface area contributed by atoms with E-state index in [4.69, 9.17) is 0 Å². The maximum absolute atomic E-state index is 4.66. The van der Waals surface area contributed by atoms with Crippen molar-refractivity contribution in [1.82, 2.24) is 0 Å². The van der Waals surface area contributed by atoms with Crippen LogP contribution in [-0.4, -0.2) is 19.4 Å². The molecule has 2 aromatic carbocycles. The SMILES string of the molecule is CN1CN=C(c2ccccc2)c2ccccc21. The predicted octanol–water partition coefficient (Wildman–Crippen LogP) is 2.93. The second kappa shape index (κ2) is 4.06. The molecule has 0 saturated heterocycles. The zero-order chi connectivity index (χ0) is 11.7. The third-order valence-electron chi connectivity index (χ3n) is 3.06. The van der Waals surface area contributed by atoms with Crippen LogP contribution in [0.15, 0.2) is 59.6 Å². The Morgan fingerprint density at radius 1 is 0.941 bits per heavy atom. The summed E-state index contributed by atoms with van der Waals surface area (Å²) in [7, 11) is 2.07. The van der Waals surface area contributed by atoms with Crippen molar-refractivity contribution < 1.29 is 0 Å². The Morgan fingerprint density at radius 3 is 2.47 bits per heavy atom. The van der Waals surface area contributed by atoms with Gasteiger partial charge in [-0.1, -0.05) is 48.5 Å². The van der Waals surface area contributed by atoms with E-state index in [1.165, 1.54) is 16.8 Å². The maximum Gasteiger partial charge on any atom is 0.110 e. The summed E-state index contributed by atoms with van der Waals surface area (Å²) in [4.78, 5) is 6.83. The van der Waals surface area contributed by atoms with Gasteiger partial charge in [-0.2, -0.15) is 0 Å². The van der Waals surface area contributed by atoms with Gasteiger partial charge in [0.05, 0.1) is 5.71 Å². The molecule has 3 rings (SSSR count). The fraction of sp³-hybridized carbons (Fsp3) is 0.133. The standard InChI is InChI=1S/C15H14N2/c1-17-11-16-15(12-7-3-2-4-8-12)13-9-5-6-10-14(13)17/h2-10H,11H2,1H3. The van der Waals surface area contributed by atoms with Crippen molar-refractivity contribution in [1.29, 1.82) is 0 Å². The Kier molecular flexibility index (Phi) is 2.41. The van der Waals surface area contributed by atoms with E-state index in [1.54, 1.807) is 0 Å². The van der Waals surface area contributed by atoms with E-state index in [0.717, 1.165) is 12.4 Å². The van der Waals surface area contributed by atoms with Crippen LogP contribution in [0.3, 0.4) is 0 Å². The summed E-state index contributed by atoms with van der Waals surface area (Å²) < 4.78 is 0. The van der Waals surface area contributed by atoms with Gasteiger partial charge in [-0.15, -0.1) is 0 Å². The molecule has 0 N–H and O–H groups in total. The van der Waals surface area contributed by atoms with Gasteiger partial charge in [0.25, 0.3) is 0 Å². The Hall–Kier alpha value is -2.09. The third kappa shape index (κ3) is 1.72. The lowest BCUT2D eigenvalue weighted by Crippen LogP contribution is -2.26. The van der Waals surface area contributed by atoms with E-state index >= 15 is 0 Å². The highest BCUT2D eigenvalue weighted by Gasteiger charge is 2.17. The fourth-order valence-corrected chi connectivity index (χ4v) is 2.19. The van der Waals surface area contributed by atoms with Crippen LogP contribution in [0, 0.1) is 0 Å². The molecular weight excluding hydrogens is 208 g/mol. The number of benzene rings is 2. The normalized spacial score (nSPS) is 14.2. The van der Waals surface area contributed by atoms with Crippen LogP contribution in [0.1, 0.15) is 11.1 Å². The van der Waals surface area contributed by atoms with E-state index in [0.29, 0.717) is 0 Å². The summed E-state index contributed by atoms with van der Waals surface area (Å²) >= 11 is 0. The van der Waals surface area contributed by atoms with Crippen LogP contribution < -0.4 is 4.90 Å². The van der Waals surface area contributed by atoms with Gasteiger partial charge in [0.15, 0.2) is 0 Å². The van der Waals surface area contributed by atoms with Crippen LogP contribution in [0.25, 0.3) is 0 Å². The summed E-state index contributed by atoms with van der Waals surface area (Å²) in [5, 5.41) is 0. The minimum atomic E-state index is 0.723. The van der Waals surface area contributed by atoms with Crippen LogP contribution in [0.2, 0.25) is 0 Å². The maximum atomic E-state index is 4.66. The first kappa shape index (κ1) is 10.1. The molecule has 2 heteroatoms. The van der Waals surface area contributed by atoms with Gasteiger partial charge in [-0.3, -0.25) is 4.99 Å². The van der Waals surface area contributed by atoms with Gasteiger partial charge >= 0.3 is 0 Å². The van der Waals surface area contributed by atoms with Crippen molar-refractivity contribution in [2.45, 2.75) is 0 Å². The van der Waals surface area contributed by atoms with Gasteiger partial charge < -0.3 is 4.90 Å². The van der Waals surface area contributed by atoms with E-state index < -0.39 is 0 Å². The van der Waals surface area contributed by atoms with Gasteiger partial charge in [0, 0.05) is 23.9 Å². The molecule has 1 aliphatic heterocycles. The van der Waals surface area contributed by atoms with E-state index in [-0.39, 0.29) is 0 Å². The molecule has 0 spiro atoms. The number of para-hydroxylation sites is 1. The lowest BCUT2D eigenvalue weighted by Gasteiger charge is -2.26. The van der Waals surface area contributed by atoms with E-state index in [1.807, 2.05) is 6.07 Å². The molecule has 0 aromatic heterocycles. The van der Waals surface area contributed by atoms with Crippen LogP contribution >= 0.6 is 0 Å². The molecular formula is C15H14N2. The number of hydrogen-bond donors (Lipinski definition) is 0. The topological polar surface area (TPSA) is 15.6 Å². The Morgan fingerprint density at radius 2 is 1.65 bits per heavy atom. The molecule has 0 saturated carbocycles. The Bertz CT molecular complexity index is 558. The van der Waals surface area contributed by atoms with Gasteiger partial charge in [-0.25, -0.2) is 0 Å². The first-order valence-electron chi connectivity index (χ1n) is 5.76. The highest BCUT2D eigenvalue weighted by Crippen LogP contribution is 2.26. The fourth-order valence-electron chi connectivity index (χ4n) is 2.19. The quantitative estimate of drug-likeness (QED) is 0.724. The number of aliphatic imine (C=N–C) groups is 1. The van der Waals surface area contributed by atoms with Crippen molar-refractivity contribution in [3.63, 3.8) is 0 Å². The van der Waals surface area contributed by atoms with E-state index in [2.05, 4.69) is 65.5 Å². The molecule has 1 heterocycles. The zero-order valence-corrected chi connectivity index (χ0v) is 9.80. The minimum absolute atomic E-state index is 0.723. The number of hydrogen-bond acceptors (Lipinski definition) is 2. The molecule has 2 nitrogen and oxygen atoms in total. The van der Waals surface area contributed by atoms with Gasteiger partial charge in [0.2, 0.25) is 0 Å². The molecule has 0 amide bonds. The lowest BCUT2D eigenvalue weighted by molar-refractivity contribution is 0.917. The molecule has 0 atom stereocenters. The minimum Gasteiger partial charge on any atom is -0.355 e. The number of anilines is 1. The molecule has 0 bridgehead atoms. The molecule has 84 valence electrons. The first-order valence-corrected chi connectivity index (χ1v) is 5.76. The van der Waals surface area contributed by atoms with Crippen LogP contribution in [0.5, 0.6) is 0 Å². The van der Waals surface area contributed by atoms with Gasteiger partial charge in [-0.05, 0) is 6.07 Å². The predicted molar refractivity (Wildman–Crippen MR) is 71.8 cm³/mol. The van der Waals surface area contributed by atoms with E-state index in [9.17, 15) is 0 Å². The van der Waals surface area contributed by atoms with Crippen LogP contribution in [0.4, 0.5) is 5.69 Å². The number of rotatable bonds is 1. The molecule has 0 aliphatic carbocycles. The zero-order valence-electron chi connectivity index (χ0n) is 9.80. The molecule has 0 unspecified atom stereocenters. The highest BCUT2D eigenvalue weighted by molar-refractivity contribution is 6.16. The summed E-state index contributed by atoms with van der Waals surface area (Å²) in [5.74, 6) is 0. The van der Waals surface area contributed by atoms with Crippen molar-refractivity contribution in [3.05, 3.63) is 65.7 Å². The van der Waals surface area contributed by atoms with Crippen molar-refractivity contribution in [3.8, 4) is 0 Å². The number of nitrogens with zero attached hydrogens (tertiary/aromatic N) is 2. The molecule has 0 fully saturated rings. The summed E-state index contributed by atoms with van der Waals surface area (Å²) in [5.41, 5.74) is 4.75. The van der Waals surface area contributed by atoms with Crippen molar-refractivity contribution in [2.24, 2.45) is 4.99 Å². The summed E-state index contributed by atoms with van der Waals surface area (Å²) in [6, 6.07) is 18.8. The third-order valence-corrected chi connectivity index (χ3v) is 3.06. The second-order valence-corrected chi connectivity index (χ2v) is 4.23. The Balaban J connectivity index is 2.14. The molecule has 1 aliphatic rings. The average molecular weight is 222 g/mol. The second-order valence-electron chi connectivity index (χ2n) is 4.23. The molecule has 17 heavy (non-hydrogen) atoms. The average Bonchev–Trinajstić information content (AvgIpc) is 2.41. The van der Waals surface area contributed by atoms with Crippen molar-refractivity contribution in [2.75, 3.05) is 18.6 Å². The Labute approximate surface area is 101 Å². The lowest BCUT2D eigenvalue weighted by atomic mass is 9.99. The summed E-state index contributed by atoms with van der Waals surface area (Å²) in [6.07, 6.45) is 0. The van der Waals surface area contributed by atoms with Crippen LogP contribution in [-0.2, 0) is 0 Å². The monoisotopic (exact) mass is 222 g/mol. The highest BCUT2D eigenvalue weighted by atomic mass is 15.2. The largest absolute Gasteiger partial charge is 0.355 e. The van der Waals surface area contributed by atoms with Gasteiger partial charge in [0.1, 0.15) is 6.67 Å². The number of fused-ring (bicyclic) bond motifs is 1. The molecule has 0 radical (unpaired) electrons. The molecule has 2 aromatic rings. The smallest absolute Gasteiger partial charge is 0.110 e. The summed E-state index contributed by atoms with van der Waals surface area (Å²) in [6.45, 7) is 0.723.